The molecule has 1 spiro atoms. The van der Waals surface area contributed by atoms with Gasteiger partial charge >= 0.3 is 0 Å². The highest BCUT2D eigenvalue weighted by molar-refractivity contribution is 5.34. The number of allylic oxidation sites excluding steroid dienone is 1. The zero-order valence-electron chi connectivity index (χ0n) is 11.9. The first-order valence-electron chi connectivity index (χ1n) is 7.37. The summed E-state index contributed by atoms with van der Waals surface area (Å²) >= 11 is 0. The van der Waals surface area contributed by atoms with Gasteiger partial charge in [0.25, 0.3) is 0 Å². The molecule has 7 atom stereocenters. The third kappa shape index (κ3) is 1.12. The molecule has 0 aromatic carbocycles. The van der Waals surface area contributed by atoms with Gasteiger partial charge in [-0.05, 0) is 19.8 Å². The average molecular weight is 282 g/mol. The molecule has 0 aromatic rings. The van der Waals surface area contributed by atoms with Crippen LogP contribution in [0.25, 0.3) is 0 Å². The number of aliphatic hydroxyl groups excluding tert-OH is 3. The summed E-state index contributed by atoms with van der Waals surface area (Å²) in [5, 5.41) is 31.2. The molecule has 20 heavy (non-hydrogen) atoms. The maximum Gasteiger partial charge on any atom is 0.129 e. The zero-order valence-corrected chi connectivity index (χ0v) is 11.9. The van der Waals surface area contributed by atoms with Crippen molar-refractivity contribution in [2.24, 2.45) is 10.8 Å². The van der Waals surface area contributed by atoms with Gasteiger partial charge in [0, 0.05) is 10.8 Å². The summed E-state index contributed by atoms with van der Waals surface area (Å²) in [7, 11) is 0. The van der Waals surface area contributed by atoms with Crippen LogP contribution in [-0.2, 0) is 9.47 Å². The molecule has 4 rings (SSSR count). The normalized spacial score (nSPS) is 60.4. The molecule has 2 bridgehead atoms. The maximum absolute atomic E-state index is 10.7. The molecule has 5 heteroatoms. The summed E-state index contributed by atoms with van der Waals surface area (Å²) in [5.74, 6) is 0. The van der Waals surface area contributed by atoms with Crippen molar-refractivity contribution >= 4 is 0 Å². The smallest absolute Gasteiger partial charge is 0.129 e. The number of hydrogen-bond donors (Lipinski definition) is 3. The van der Waals surface area contributed by atoms with Crippen molar-refractivity contribution in [1.29, 1.82) is 0 Å². The molecule has 1 saturated carbocycles. The van der Waals surface area contributed by atoms with E-state index in [9.17, 15) is 15.3 Å². The van der Waals surface area contributed by atoms with Crippen molar-refractivity contribution < 1.29 is 24.8 Å². The summed E-state index contributed by atoms with van der Waals surface area (Å²) in [5.41, 5.74) is -0.668. The van der Waals surface area contributed by atoms with E-state index in [0.717, 1.165) is 12.8 Å². The summed E-state index contributed by atoms with van der Waals surface area (Å²) < 4.78 is 11.8. The number of hydrogen-bond acceptors (Lipinski definition) is 5. The molecule has 2 aliphatic heterocycles. The number of epoxide rings is 1. The fraction of sp³-hybridized carbons (Fsp3) is 0.867. The van der Waals surface area contributed by atoms with Gasteiger partial charge in [-0.3, -0.25) is 0 Å². The predicted molar refractivity (Wildman–Crippen MR) is 70.0 cm³/mol. The largest absolute Gasteiger partial charge is 0.396 e. The third-order valence-corrected chi connectivity index (χ3v) is 6.57. The molecular weight excluding hydrogens is 260 g/mol. The number of fused-ring (bicyclic) bond motifs is 2. The Morgan fingerprint density at radius 1 is 1.40 bits per heavy atom. The van der Waals surface area contributed by atoms with Crippen molar-refractivity contribution in [3.05, 3.63) is 11.6 Å². The van der Waals surface area contributed by atoms with Crippen LogP contribution in [0.1, 0.15) is 26.7 Å². The lowest BCUT2D eigenvalue weighted by molar-refractivity contribution is -0.226. The number of aliphatic hydroxyl groups is 3. The van der Waals surface area contributed by atoms with Crippen LogP contribution >= 0.6 is 0 Å². The molecule has 4 aliphatic rings. The van der Waals surface area contributed by atoms with Gasteiger partial charge in [-0.2, -0.15) is 0 Å². The lowest BCUT2D eigenvalue weighted by Crippen LogP contribution is -2.66. The lowest BCUT2D eigenvalue weighted by atomic mass is 9.51. The second-order valence-corrected chi connectivity index (χ2v) is 7.12. The van der Waals surface area contributed by atoms with Gasteiger partial charge in [0.05, 0.1) is 25.4 Å². The zero-order chi connectivity index (χ0) is 14.3. The van der Waals surface area contributed by atoms with Crippen LogP contribution < -0.4 is 0 Å². The first-order valence-corrected chi connectivity index (χ1v) is 7.37. The number of rotatable bonds is 1. The van der Waals surface area contributed by atoms with E-state index < -0.39 is 34.7 Å². The predicted octanol–water partition coefficient (Wildman–Crippen LogP) is -0.0167. The molecule has 3 N–H and O–H groups in total. The molecule has 2 saturated heterocycles. The lowest BCUT2D eigenvalue weighted by Gasteiger charge is -2.57. The Balaban J connectivity index is 1.91. The summed E-state index contributed by atoms with van der Waals surface area (Å²) in [6.07, 6.45) is 1.01. The Kier molecular flexibility index (Phi) is 2.41. The standard InChI is InChI=1S/C15H22O5/c1-8-3-4-14(6-16)9(5-8)20-12-10(17)11(18)13(14,2)15(12)7-19-15/h5,9-12,16-18H,3-4,6-7H2,1-2H3/t9-,10-,11+,12-,13-,14-,15-/m0/s1. The van der Waals surface area contributed by atoms with Crippen LogP contribution in [0.4, 0.5) is 0 Å². The highest BCUT2D eigenvalue weighted by Gasteiger charge is 2.84. The van der Waals surface area contributed by atoms with Gasteiger partial charge < -0.3 is 24.8 Å². The Morgan fingerprint density at radius 2 is 2.10 bits per heavy atom. The maximum atomic E-state index is 10.7. The minimum atomic E-state index is -0.953. The van der Waals surface area contributed by atoms with E-state index in [1.807, 2.05) is 13.0 Å². The van der Waals surface area contributed by atoms with Gasteiger partial charge in [0.15, 0.2) is 0 Å². The van der Waals surface area contributed by atoms with Gasteiger partial charge in [0.1, 0.15) is 17.8 Å². The quantitative estimate of drug-likeness (QED) is 0.465. The van der Waals surface area contributed by atoms with E-state index in [-0.39, 0.29) is 12.7 Å². The molecule has 0 amide bonds. The molecule has 0 aromatic heterocycles. The Morgan fingerprint density at radius 3 is 2.70 bits per heavy atom. The van der Waals surface area contributed by atoms with Crippen LogP contribution in [0.3, 0.4) is 0 Å². The van der Waals surface area contributed by atoms with Crippen LogP contribution in [-0.4, -0.2) is 58.6 Å². The molecule has 112 valence electrons. The molecule has 5 nitrogen and oxygen atoms in total. The number of ether oxygens (including phenoxy) is 2. The van der Waals surface area contributed by atoms with E-state index in [2.05, 4.69) is 6.92 Å². The van der Waals surface area contributed by atoms with Crippen molar-refractivity contribution in [3.63, 3.8) is 0 Å². The van der Waals surface area contributed by atoms with Gasteiger partial charge in [-0.1, -0.05) is 18.6 Å². The third-order valence-electron chi connectivity index (χ3n) is 6.57. The fourth-order valence-electron chi connectivity index (χ4n) is 5.06. The van der Waals surface area contributed by atoms with Crippen molar-refractivity contribution in [3.8, 4) is 0 Å². The molecule has 2 heterocycles. The molecular formula is C15H22O5. The van der Waals surface area contributed by atoms with E-state index >= 15 is 0 Å². The fourth-order valence-corrected chi connectivity index (χ4v) is 5.06. The second-order valence-electron chi connectivity index (χ2n) is 7.12. The van der Waals surface area contributed by atoms with E-state index in [4.69, 9.17) is 9.47 Å². The SMILES string of the molecule is CC1=C[C@@H]2O[C@H]3[C@@H](O)[C@@H](O)[C@@](C)([C@]2(CO)CC1)[C@]31CO1. The van der Waals surface area contributed by atoms with Crippen LogP contribution in [0.5, 0.6) is 0 Å². The summed E-state index contributed by atoms with van der Waals surface area (Å²) in [4.78, 5) is 0. The minimum absolute atomic E-state index is 0.0699. The van der Waals surface area contributed by atoms with E-state index in [1.165, 1.54) is 5.57 Å². The minimum Gasteiger partial charge on any atom is -0.396 e. The second kappa shape index (κ2) is 3.65. The van der Waals surface area contributed by atoms with Crippen molar-refractivity contribution in [2.45, 2.75) is 56.7 Å². The van der Waals surface area contributed by atoms with Crippen LogP contribution in [0.15, 0.2) is 11.6 Å². The first-order chi connectivity index (χ1) is 9.43. The van der Waals surface area contributed by atoms with Gasteiger partial charge in [-0.25, -0.2) is 0 Å². The Labute approximate surface area is 118 Å². The van der Waals surface area contributed by atoms with Crippen LogP contribution in [0, 0.1) is 10.8 Å². The average Bonchev–Trinajstić information content (AvgIpc) is 3.21. The van der Waals surface area contributed by atoms with Crippen molar-refractivity contribution in [1.82, 2.24) is 0 Å². The molecule has 3 fully saturated rings. The molecule has 2 aliphatic carbocycles. The highest BCUT2D eigenvalue weighted by Crippen LogP contribution is 2.71. The highest BCUT2D eigenvalue weighted by atomic mass is 16.6. The first kappa shape index (κ1) is 13.2. The molecule has 0 unspecified atom stereocenters. The molecule has 0 radical (unpaired) electrons. The van der Waals surface area contributed by atoms with Crippen LogP contribution in [0.2, 0.25) is 0 Å². The van der Waals surface area contributed by atoms with E-state index in [1.54, 1.807) is 0 Å². The summed E-state index contributed by atoms with van der Waals surface area (Å²) in [6, 6.07) is 0. The Bertz CT molecular complexity index is 485. The van der Waals surface area contributed by atoms with Gasteiger partial charge in [0.2, 0.25) is 0 Å². The van der Waals surface area contributed by atoms with E-state index in [0.29, 0.717) is 6.61 Å². The Hall–Kier alpha value is -0.460. The van der Waals surface area contributed by atoms with Crippen molar-refractivity contribution in [2.75, 3.05) is 13.2 Å². The summed E-state index contributed by atoms with van der Waals surface area (Å²) in [6.45, 7) is 4.42. The topological polar surface area (TPSA) is 82.5 Å². The monoisotopic (exact) mass is 282 g/mol. The van der Waals surface area contributed by atoms with Gasteiger partial charge in [-0.15, -0.1) is 0 Å².